The molecule has 2 heterocycles. The molecule has 2 unspecified atom stereocenters. The van der Waals surface area contributed by atoms with Crippen LogP contribution in [0.2, 0.25) is 0 Å². The third-order valence-corrected chi connectivity index (χ3v) is 6.00. The number of amides is 2. The first-order valence-electron chi connectivity index (χ1n) is 9.23. The molecule has 2 atom stereocenters. The number of rotatable bonds is 4. The van der Waals surface area contributed by atoms with Crippen LogP contribution in [0.3, 0.4) is 0 Å². The van der Waals surface area contributed by atoms with Crippen LogP contribution in [0.25, 0.3) is 0 Å². The number of nitrogens with one attached hydrogen (secondary N) is 1. The minimum Gasteiger partial charge on any atom is -0.497 e. The van der Waals surface area contributed by atoms with Crippen molar-refractivity contribution in [1.29, 1.82) is 0 Å². The number of carbonyl (C=O) groups excluding carboxylic acids is 2. The predicted molar refractivity (Wildman–Crippen MR) is 112 cm³/mol. The van der Waals surface area contributed by atoms with Gasteiger partial charge in [0.2, 0.25) is 5.91 Å². The fourth-order valence-electron chi connectivity index (χ4n) is 3.77. The summed E-state index contributed by atoms with van der Waals surface area (Å²) in [7, 11) is 3.34. The topological polar surface area (TPSA) is 71.5 Å². The van der Waals surface area contributed by atoms with Crippen molar-refractivity contribution in [3.8, 4) is 5.75 Å². The lowest BCUT2D eigenvalue weighted by Crippen LogP contribution is -2.44. The van der Waals surface area contributed by atoms with E-state index in [9.17, 15) is 9.59 Å². The average Bonchev–Trinajstić information content (AvgIpc) is 3.15. The zero-order valence-electron chi connectivity index (χ0n) is 16.4. The van der Waals surface area contributed by atoms with Gasteiger partial charge >= 0.3 is 0 Å². The molecule has 0 saturated heterocycles. The normalized spacial score (nSPS) is 18.3. The molecule has 2 amide bonds. The Kier molecular flexibility index (Phi) is 5.07. The highest BCUT2D eigenvalue weighted by molar-refractivity contribution is 7.15. The highest BCUT2D eigenvalue weighted by Gasteiger charge is 2.42. The second-order valence-electron chi connectivity index (χ2n) is 6.96. The highest BCUT2D eigenvalue weighted by Crippen LogP contribution is 2.42. The Morgan fingerprint density at radius 2 is 1.90 bits per heavy atom. The lowest BCUT2D eigenvalue weighted by molar-refractivity contribution is -0.119. The number of benzene rings is 2. The van der Waals surface area contributed by atoms with Gasteiger partial charge in [0.15, 0.2) is 5.13 Å². The number of anilines is 1. The van der Waals surface area contributed by atoms with Crippen LogP contribution in [-0.4, -0.2) is 35.9 Å². The average molecular weight is 407 g/mol. The van der Waals surface area contributed by atoms with Gasteiger partial charge in [-0.15, -0.1) is 11.3 Å². The van der Waals surface area contributed by atoms with E-state index >= 15 is 0 Å². The Morgan fingerprint density at radius 3 is 2.55 bits per heavy atom. The first kappa shape index (κ1) is 19.1. The number of ether oxygens (including phenoxy) is 1. The number of aromatic nitrogens is 1. The summed E-state index contributed by atoms with van der Waals surface area (Å²) < 4.78 is 5.25. The largest absolute Gasteiger partial charge is 0.497 e. The molecule has 7 heteroatoms. The molecule has 0 spiro atoms. The summed E-state index contributed by atoms with van der Waals surface area (Å²) in [5.41, 5.74) is 2.14. The van der Waals surface area contributed by atoms with Gasteiger partial charge in [0.25, 0.3) is 5.91 Å². The van der Waals surface area contributed by atoms with Crippen LogP contribution in [0, 0.1) is 6.92 Å². The van der Waals surface area contributed by atoms with Crippen molar-refractivity contribution in [3.63, 3.8) is 0 Å². The SMILES string of the molecule is COc1ccc(C2C(C(=O)Nc3ncc(C)s3)c3ccccc3C(=O)N2C)cc1. The fraction of sp³-hybridized carbons (Fsp3) is 0.227. The van der Waals surface area contributed by atoms with Gasteiger partial charge in [-0.1, -0.05) is 30.3 Å². The van der Waals surface area contributed by atoms with Crippen LogP contribution in [0.5, 0.6) is 5.75 Å². The van der Waals surface area contributed by atoms with Gasteiger partial charge in [-0.05, 0) is 36.2 Å². The van der Waals surface area contributed by atoms with Gasteiger partial charge < -0.3 is 15.0 Å². The number of hydrogen-bond donors (Lipinski definition) is 1. The molecule has 148 valence electrons. The smallest absolute Gasteiger partial charge is 0.254 e. The molecule has 1 aliphatic rings. The Hall–Kier alpha value is -3.19. The number of aryl methyl sites for hydroxylation is 1. The number of likely N-dealkylation sites (N-methyl/N-ethyl adjacent to an activating group) is 1. The molecule has 1 aromatic heterocycles. The van der Waals surface area contributed by atoms with E-state index in [0.717, 1.165) is 21.8 Å². The fourth-order valence-corrected chi connectivity index (χ4v) is 4.44. The molecule has 6 nitrogen and oxygen atoms in total. The lowest BCUT2D eigenvalue weighted by Gasteiger charge is -2.39. The first-order valence-corrected chi connectivity index (χ1v) is 10.0. The zero-order valence-corrected chi connectivity index (χ0v) is 17.2. The van der Waals surface area contributed by atoms with Crippen molar-refractivity contribution in [2.24, 2.45) is 0 Å². The first-order chi connectivity index (χ1) is 14.0. The Bertz CT molecular complexity index is 1060. The van der Waals surface area contributed by atoms with Crippen LogP contribution in [0.15, 0.2) is 54.7 Å². The van der Waals surface area contributed by atoms with Crippen molar-refractivity contribution < 1.29 is 14.3 Å². The second kappa shape index (κ2) is 7.67. The van der Waals surface area contributed by atoms with E-state index in [-0.39, 0.29) is 11.8 Å². The molecular weight excluding hydrogens is 386 g/mol. The molecule has 1 aliphatic heterocycles. The molecular formula is C22H21N3O3S. The number of carbonyl (C=O) groups is 2. The second-order valence-corrected chi connectivity index (χ2v) is 8.20. The molecule has 0 saturated carbocycles. The zero-order chi connectivity index (χ0) is 20.5. The number of methoxy groups -OCH3 is 1. The molecule has 2 aromatic carbocycles. The maximum absolute atomic E-state index is 13.4. The minimum atomic E-state index is -0.563. The van der Waals surface area contributed by atoms with Gasteiger partial charge in [-0.3, -0.25) is 9.59 Å². The van der Waals surface area contributed by atoms with Gasteiger partial charge in [0, 0.05) is 23.7 Å². The molecule has 0 radical (unpaired) electrons. The van der Waals surface area contributed by atoms with Crippen LogP contribution in [0.1, 0.15) is 38.3 Å². The minimum absolute atomic E-state index is 0.101. The number of fused-ring (bicyclic) bond motifs is 1. The Morgan fingerprint density at radius 1 is 1.17 bits per heavy atom. The Balaban J connectivity index is 1.79. The van der Waals surface area contributed by atoms with E-state index in [0.29, 0.717) is 10.7 Å². The molecule has 3 aromatic rings. The van der Waals surface area contributed by atoms with Crippen molar-refractivity contribution >= 4 is 28.3 Å². The monoisotopic (exact) mass is 407 g/mol. The third-order valence-electron chi connectivity index (χ3n) is 5.17. The third kappa shape index (κ3) is 3.49. The van der Waals surface area contributed by atoms with Crippen molar-refractivity contribution in [1.82, 2.24) is 9.88 Å². The van der Waals surface area contributed by atoms with Crippen LogP contribution in [-0.2, 0) is 4.79 Å². The van der Waals surface area contributed by atoms with Crippen molar-refractivity contribution in [3.05, 3.63) is 76.3 Å². The molecule has 0 bridgehead atoms. The summed E-state index contributed by atoms with van der Waals surface area (Å²) in [5.74, 6) is -0.132. The standard InChI is InChI=1S/C22H21N3O3S/c1-13-12-23-22(29-13)24-20(26)18-16-6-4-5-7-17(16)21(27)25(2)19(18)14-8-10-15(28-3)11-9-14/h4-12,18-19H,1-3H3,(H,23,24,26). The van der Waals surface area contributed by atoms with E-state index in [1.807, 2.05) is 49.4 Å². The number of thiazole rings is 1. The highest BCUT2D eigenvalue weighted by atomic mass is 32.1. The van der Waals surface area contributed by atoms with Crippen LogP contribution >= 0.6 is 11.3 Å². The summed E-state index contributed by atoms with van der Waals surface area (Å²) in [5, 5.41) is 3.49. The maximum atomic E-state index is 13.4. The molecule has 0 aliphatic carbocycles. The van der Waals surface area contributed by atoms with E-state index in [1.54, 1.807) is 31.3 Å². The summed E-state index contributed by atoms with van der Waals surface area (Å²) >= 11 is 1.42. The summed E-state index contributed by atoms with van der Waals surface area (Å²) in [6, 6.07) is 14.3. The van der Waals surface area contributed by atoms with E-state index in [4.69, 9.17) is 4.74 Å². The quantitative estimate of drug-likeness (QED) is 0.709. The van der Waals surface area contributed by atoms with Gasteiger partial charge in [-0.25, -0.2) is 4.98 Å². The number of nitrogens with zero attached hydrogens (tertiary/aromatic N) is 2. The molecule has 4 rings (SSSR count). The summed E-state index contributed by atoms with van der Waals surface area (Å²) in [6.45, 7) is 1.94. The molecule has 1 N–H and O–H groups in total. The van der Waals surface area contributed by atoms with E-state index < -0.39 is 12.0 Å². The summed E-state index contributed by atoms with van der Waals surface area (Å²) in [6.07, 6.45) is 1.73. The van der Waals surface area contributed by atoms with Crippen LogP contribution < -0.4 is 10.1 Å². The van der Waals surface area contributed by atoms with Gasteiger partial charge in [0.1, 0.15) is 5.75 Å². The predicted octanol–water partition coefficient (Wildman–Crippen LogP) is 4.01. The van der Waals surface area contributed by atoms with E-state index in [2.05, 4.69) is 10.3 Å². The molecule has 0 fully saturated rings. The van der Waals surface area contributed by atoms with Gasteiger partial charge in [-0.2, -0.15) is 0 Å². The summed E-state index contributed by atoms with van der Waals surface area (Å²) in [4.78, 5) is 33.3. The molecule has 29 heavy (non-hydrogen) atoms. The van der Waals surface area contributed by atoms with Crippen molar-refractivity contribution in [2.45, 2.75) is 18.9 Å². The number of hydrogen-bond acceptors (Lipinski definition) is 5. The van der Waals surface area contributed by atoms with Gasteiger partial charge in [0.05, 0.1) is 19.1 Å². The maximum Gasteiger partial charge on any atom is 0.254 e. The van der Waals surface area contributed by atoms with Crippen LogP contribution in [0.4, 0.5) is 5.13 Å². The van der Waals surface area contributed by atoms with Crippen molar-refractivity contribution in [2.75, 3.05) is 19.5 Å². The lowest BCUT2D eigenvalue weighted by atomic mass is 9.79. The van der Waals surface area contributed by atoms with E-state index in [1.165, 1.54) is 11.3 Å². The Labute approximate surface area is 173 Å².